The van der Waals surface area contributed by atoms with Gasteiger partial charge in [-0.25, -0.2) is 4.98 Å². The number of phenolic OH excluding ortho intramolecular Hbond substituents is 1. The molecule has 0 spiro atoms. The first-order chi connectivity index (χ1) is 10.6. The molecule has 3 rings (SSSR count). The standard InChI is InChI=1S/C16H14N2O3S/c19-12-5-6-13-14(8-12)22-16(18-13)17-9-11-3-1-10(2-4-11)7-15(20)21/h1-6,8,19H,7,9H2,(H,17,18)(H,20,21). The third-order valence-corrected chi connectivity index (χ3v) is 4.17. The predicted molar refractivity (Wildman–Crippen MR) is 86.4 cm³/mol. The summed E-state index contributed by atoms with van der Waals surface area (Å²) in [5.41, 5.74) is 2.69. The Hall–Kier alpha value is -2.60. The number of nitrogens with zero attached hydrogens (tertiary/aromatic N) is 1. The zero-order valence-corrected chi connectivity index (χ0v) is 12.4. The highest BCUT2D eigenvalue weighted by atomic mass is 32.1. The summed E-state index contributed by atoms with van der Waals surface area (Å²) < 4.78 is 0.930. The van der Waals surface area contributed by atoms with Crippen LogP contribution in [-0.4, -0.2) is 21.2 Å². The highest BCUT2D eigenvalue weighted by Gasteiger charge is 2.05. The van der Waals surface area contributed by atoms with Crippen molar-refractivity contribution in [1.82, 2.24) is 4.98 Å². The highest BCUT2D eigenvalue weighted by Crippen LogP contribution is 2.28. The van der Waals surface area contributed by atoms with Crippen LogP contribution in [0.2, 0.25) is 0 Å². The van der Waals surface area contributed by atoms with Crippen LogP contribution in [-0.2, 0) is 17.8 Å². The number of thiazole rings is 1. The Morgan fingerprint density at radius 1 is 1.14 bits per heavy atom. The number of rotatable bonds is 5. The van der Waals surface area contributed by atoms with Crippen molar-refractivity contribution in [3.05, 3.63) is 53.6 Å². The number of aromatic hydroxyl groups is 1. The first kappa shape index (κ1) is 14.3. The first-order valence-electron chi connectivity index (χ1n) is 6.73. The molecule has 112 valence electrons. The molecule has 0 fully saturated rings. The van der Waals surface area contributed by atoms with Gasteiger partial charge in [0.05, 0.1) is 16.6 Å². The van der Waals surface area contributed by atoms with E-state index in [2.05, 4.69) is 10.3 Å². The van der Waals surface area contributed by atoms with E-state index in [1.54, 1.807) is 18.2 Å². The molecule has 1 aromatic heterocycles. The summed E-state index contributed by atoms with van der Waals surface area (Å²) in [4.78, 5) is 15.1. The molecule has 3 N–H and O–H groups in total. The number of aliphatic carboxylic acids is 1. The molecule has 6 heteroatoms. The molecule has 0 aliphatic carbocycles. The second kappa shape index (κ2) is 6.03. The normalized spacial score (nSPS) is 10.7. The topological polar surface area (TPSA) is 82.5 Å². The number of nitrogens with one attached hydrogen (secondary N) is 1. The number of carboxylic acid groups (broad SMARTS) is 1. The van der Waals surface area contributed by atoms with Gasteiger partial charge in [-0.15, -0.1) is 0 Å². The Bertz CT molecular complexity index is 812. The maximum atomic E-state index is 10.6. The van der Waals surface area contributed by atoms with E-state index in [1.165, 1.54) is 11.3 Å². The van der Waals surface area contributed by atoms with Gasteiger partial charge in [-0.2, -0.15) is 0 Å². The number of aromatic nitrogens is 1. The van der Waals surface area contributed by atoms with Gasteiger partial charge >= 0.3 is 5.97 Å². The van der Waals surface area contributed by atoms with Crippen molar-refractivity contribution < 1.29 is 15.0 Å². The van der Waals surface area contributed by atoms with Gasteiger partial charge in [-0.3, -0.25) is 4.79 Å². The van der Waals surface area contributed by atoms with Crippen LogP contribution in [0.4, 0.5) is 5.13 Å². The van der Waals surface area contributed by atoms with E-state index in [1.807, 2.05) is 24.3 Å². The number of phenols is 1. The van der Waals surface area contributed by atoms with Gasteiger partial charge in [0.25, 0.3) is 0 Å². The lowest BCUT2D eigenvalue weighted by atomic mass is 10.1. The van der Waals surface area contributed by atoms with Gasteiger partial charge in [0.15, 0.2) is 5.13 Å². The summed E-state index contributed by atoms with van der Waals surface area (Å²) >= 11 is 1.48. The smallest absolute Gasteiger partial charge is 0.307 e. The van der Waals surface area contributed by atoms with Crippen LogP contribution in [0, 0.1) is 0 Å². The molecule has 0 atom stereocenters. The predicted octanol–water partition coefficient (Wildman–Crippen LogP) is 3.24. The SMILES string of the molecule is O=C(O)Cc1ccc(CNc2nc3ccc(O)cc3s2)cc1. The van der Waals surface area contributed by atoms with Crippen molar-refractivity contribution in [1.29, 1.82) is 0 Å². The van der Waals surface area contributed by atoms with Crippen LogP contribution in [0.3, 0.4) is 0 Å². The molecule has 1 heterocycles. The third kappa shape index (κ3) is 3.35. The summed E-state index contributed by atoms with van der Waals surface area (Å²) in [6.07, 6.45) is 0.0368. The van der Waals surface area contributed by atoms with Crippen molar-refractivity contribution in [2.75, 3.05) is 5.32 Å². The van der Waals surface area contributed by atoms with E-state index in [4.69, 9.17) is 5.11 Å². The second-order valence-electron chi connectivity index (χ2n) is 4.91. The Morgan fingerprint density at radius 2 is 1.86 bits per heavy atom. The van der Waals surface area contributed by atoms with E-state index in [0.29, 0.717) is 6.54 Å². The van der Waals surface area contributed by atoms with Crippen molar-refractivity contribution >= 4 is 32.7 Å². The number of carboxylic acids is 1. The third-order valence-electron chi connectivity index (χ3n) is 3.19. The molecule has 0 unspecified atom stereocenters. The zero-order chi connectivity index (χ0) is 15.5. The summed E-state index contributed by atoms with van der Waals surface area (Å²) in [7, 11) is 0. The second-order valence-corrected chi connectivity index (χ2v) is 5.94. The fraction of sp³-hybridized carbons (Fsp3) is 0.125. The van der Waals surface area contributed by atoms with Gasteiger partial charge in [-0.05, 0) is 29.3 Å². The Balaban J connectivity index is 1.67. The number of hydrogen-bond acceptors (Lipinski definition) is 5. The monoisotopic (exact) mass is 314 g/mol. The Kier molecular flexibility index (Phi) is 3.93. The van der Waals surface area contributed by atoms with Crippen molar-refractivity contribution in [3.8, 4) is 5.75 Å². The maximum absolute atomic E-state index is 10.6. The number of carbonyl (C=O) groups is 1. The largest absolute Gasteiger partial charge is 0.508 e. The van der Waals surface area contributed by atoms with E-state index in [9.17, 15) is 9.90 Å². The molecule has 0 amide bonds. The molecule has 3 aromatic rings. The zero-order valence-electron chi connectivity index (χ0n) is 11.6. The van der Waals surface area contributed by atoms with Gasteiger partial charge in [-0.1, -0.05) is 35.6 Å². The van der Waals surface area contributed by atoms with Crippen LogP contribution < -0.4 is 5.32 Å². The van der Waals surface area contributed by atoms with Crippen LogP contribution in [0.15, 0.2) is 42.5 Å². The minimum absolute atomic E-state index is 0.0368. The molecule has 2 aromatic carbocycles. The lowest BCUT2D eigenvalue weighted by Crippen LogP contribution is -2.01. The van der Waals surface area contributed by atoms with Crippen LogP contribution in [0.1, 0.15) is 11.1 Å². The maximum Gasteiger partial charge on any atom is 0.307 e. The molecule has 0 bridgehead atoms. The minimum atomic E-state index is -0.830. The van der Waals surface area contributed by atoms with E-state index < -0.39 is 5.97 Å². The lowest BCUT2D eigenvalue weighted by molar-refractivity contribution is -0.136. The summed E-state index contributed by atoms with van der Waals surface area (Å²) in [6, 6.07) is 12.6. The van der Waals surface area contributed by atoms with Crippen molar-refractivity contribution in [2.24, 2.45) is 0 Å². The van der Waals surface area contributed by atoms with E-state index in [-0.39, 0.29) is 12.2 Å². The average Bonchev–Trinajstić information content (AvgIpc) is 2.88. The van der Waals surface area contributed by atoms with Gasteiger partial charge in [0.1, 0.15) is 5.75 Å². The number of fused-ring (bicyclic) bond motifs is 1. The molecular formula is C16H14N2O3S. The molecule has 0 aliphatic heterocycles. The average molecular weight is 314 g/mol. The quantitative estimate of drug-likeness (QED) is 0.673. The minimum Gasteiger partial charge on any atom is -0.508 e. The van der Waals surface area contributed by atoms with E-state index in [0.717, 1.165) is 26.5 Å². The molecular weight excluding hydrogens is 300 g/mol. The molecule has 0 radical (unpaired) electrons. The number of anilines is 1. The summed E-state index contributed by atoms with van der Waals surface area (Å²) in [5.74, 6) is -0.597. The van der Waals surface area contributed by atoms with Gasteiger partial charge in [0.2, 0.25) is 0 Å². The van der Waals surface area contributed by atoms with Crippen LogP contribution >= 0.6 is 11.3 Å². The summed E-state index contributed by atoms with van der Waals surface area (Å²) in [6.45, 7) is 0.610. The molecule has 22 heavy (non-hydrogen) atoms. The number of hydrogen-bond donors (Lipinski definition) is 3. The number of benzene rings is 2. The summed E-state index contributed by atoms with van der Waals surface area (Å²) in [5, 5.41) is 22.2. The Labute approximate surface area is 130 Å². The Morgan fingerprint density at radius 3 is 2.59 bits per heavy atom. The van der Waals surface area contributed by atoms with Gasteiger partial charge in [0, 0.05) is 6.54 Å². The van der Waals surface area contributed by atoms with Crippen LogP contribution in [0.5, 0.6) is 5.75 Å². The van der Waals surface area contributed by atoms with Gasteiger partial charge < -0.3 is 15.5 Å². The van der Waals surface area contributed by atoms with Crippen molar-refractivity contribution in [3.63, 3.8) is 0 Å². The fourth-order valence-electron chi connectivity index (χ4n) is 2.12. The highest BCUT2D eigenvalue weighted by molar-refractivity contribution is 7.22. The first-order valence-corrected chi connectivity index (χ1v) is 7.55. The fourth-order valence-corrected chi connectivity index (χ4v) is 3.01. The molecule has 0 saturated carbocycles. The molecule has 0 aliphatic rings. The van der Waals surface area contributed by atoms with E-state index >= 15 is 0 Å². The lowest BCUT2D eigenvalue weighted by Gasteiger charge is -2.04. The molecule has 0 saturated heterocycles. The molecule has 5 nitrogen and oxygen atoms in total. The van der Waals surface area contributed by atoms with Crippen LogP contribution in [0.25, 0.3) is 10.2 Å². The van der Waals surface area contributed by atoms with Crippen molar-refractivity contribution in [2.45, 2.75) is 13.0 Å².